The molecule has 0 spiro atoms. The first-order valence-electron chi connectivity index (χ1n) is 8.58. The molecule has 2 atom stereocenters. The average Bonchev–Trinajstić information content (AvgIpc) is 2.43. The maximum Gasteiger partial charge on any atom is 0.229 e. The van der Waals surface area contributed by atoms with Crippen molar-refractivity contribution < 1.29 is 14.0 Å². The number of likely N-dealkylation sites (tertiary alicyclic amines) is 1. The third kappa shape index (κ3) is 2.22. The van der Waals surface area contributed by atoms with Crippen LogP contribution in [-0.4, -0.2) is 29.7 Å². The number of nitrogens with zero attached hydrogens (tertiary/aromatic N) is 1. The van der Waals surface area contributed by atoms with Crippen molar-refractivity contribution in [1.82, 2.24) is 4.90 Å². The van der Waals surface area contributed by atoms with Crippen LogP contribution in [0.25, 0.3) is 0 Å². The molecule has 3 aliphatic carbocycles. The van der Waals surface area contributed by atoms with Crippen molar-refractivity contribution in [2.24, 2.45) is 11.3 Å². The summed E-state index contributed by atoms with van der Waals surface area (Å²) in [6.07, 6.45) is 5.57. The normalized spacial score (nSPS) is 35.2. The van der Waals surface area contributed by atoms with Gasteiger partial charge in [-0.15, -0.1) is 0 Å². The zero-order valence-corrected chi connectivity index (χ0v) is 13.4. The SMILES string of the molecule is CC1CC(c2ccc(C=O)c(F)c2)CCN1C(=O)C12CC(C1)C2. The number of hydrogen-bond donors (Lipinski definition) is 0. The third-order valence-electron chi connectivity index (χ3n) is 6.25. The minimum absolute atomic E-state index is 0.0104. The summed E-state index contributed by atoms with van der Waals surface area (Å²) >= 11 is 0. The number of carbonyl (C=O) groups is 2. The monoisotopic (exact) mass is 315 g/mol. The summed E-state index contributed by atoms with van der Waals surface area (Å²) in [4.78, 5) is 25.5. The Kier molecular flexibility index (Phi) is 3.33. The van der Waals surface area contributed by atoms with Crippen LogP contribution in [0.5, 0.6) is 0 Å². The van der Waals surface area contributed by atoms with Gasteiger partial charge >= 0.3 is 0 Å². The van der Waals surface area contributed by atoms with Crippen LogP contribution in [0.15, 0.2) is 18.2 Å². The van der Waals surface area contributed by atoms with Crippen LogP contribution in [0.4, 0.5) is 4.39 Å². The van der Waals surface area contributed by atoms with Gasteiger partial charge in [0.15, 0.2) is 6.29 Å². The van der Waals surface area contributed by atoms with Crippen molar-refractivity contribution in [3.05, 3.63) is 35.1 Å². The van der Waals surface area contributed by atoms with Crippen molar-refractivity contribution in [3.63, 3.8) is 0 Å². The molecule has 2 bridgehead atoms. The molecule has 23 heavy (non-hydrogen) atoms. The predicted molar refractivity (Wildman–Crippen MR) is 84.7 cm³/mol. The largest absolute Gasteiger partial charge is 0.339 e. The van der Waals surface area contributed by atoms with Crippen LogP contribution < -0.4 is 0 Å². The van der Waals surface area contributed by atoms with E-state index in [-0.39, 0.29) is 22.9 Å². The fourth-order valence-corrected chi connectivity index (χ4v) is 4.71. The number of hydrogen-bond acceptors (Lipinski definition) is 2. The molecule has 5 rings (SSSR count). The van der Waals surface area contributed by atoms with Crippen molar-refractivity contribution in [1.29, 1.82) is 0 Å². The fraction of sp³-hybridized carbons (Fsp3) is 0.579. The summed E-state index contributed by atoms with van der Waals surface area (Å²) < 4.78 is 13.8. The van der Waals surface area contributed by atoms with Crippen molar-refractivity contribution >= 4 is 12.2 Å². The van der Waals surface area contributed by atoms with E-state index >= 15 is 0 Å². The first-order valence-corrected chi connectivity index (χ1v) is 8.58. The maximum absolute atomic E-state index is 13.8. The molecule has 1 aromatic rings. The van der Waals surface area contributed by atoms with E-state index in [9.17, 15) is 14.0 Å². The van der Waals surface area contributed by atoms with Crippen LogP contribution in [0, 0.1) is 17.2 Å². The van der Waals surface area contributed by atoms with Crippen molar-refractivity contribution in [3.8, 4) is 0 Å². The van der Waals surface area contributed by atoms with Crippen molar-refractivity contribution in [2.75, 3.05) is 6.54 Å². The molecule has 2 unspecified atom stereocenters. The number of carbonyl (C=O) groups excluding carboxylic acids is 2. The number of halogens is 1. The summed E-state index contributed by atoms with van der Waals surface area (Å²) in [5.41, 5.74) is 1.04. The van der Waals surface area contributed by atoms with Crippen LogP contribution in [0.1, 0.15) is 60.9 Å². The standard InChI is InChI=1S/C19H22FNO2/c1-12-6-15(14-2-3-16(11-22)17(20)7-14)4-5-21(12)18(23)19-8-13(9-19)10-19/h2-3,7,11-13,15H,4-6,8-10H2,1H3. The predicted octanol–water partition coefficient (Wildman–Crippen LogP) is 3.53. The molecule has 4 heteroatoms. The molecule has 1 amide bonds. The lowest BCUT2D eigenvalue weighted by Gasteiger charge is -2.62. The van der Waals surface area contributed by atoms with E-state index in [2.05, 4.69) is 11.8 Å². The van der Waals surface area contributed by atoms with E-state index in [1.807, 2.05) is 6.07 Å². The number of piperidine rings is 1. The molecule has 0 radical (unpaired) electrons. The smallest absolute Gasteiger partial charge is 0.229 e. The van der Waals surface area contributed by atoms with E-state index in [1.165, 1.54) is 6.07 Å². The maximum atomic E-state index is 13.8. The second kappa shape index (κ2) is 5.15. The second-order valence-electron chi connectivity index (χ2n) is 7.73. The molecule has 0 N–H and O–H groups in total. The topological polar surface area (TPSA) is 37.4 Å². The van der Waals surface area contributed by atoms with Gasteiger partial charge < -0.3 is 4.90 Å². The molecular weight excluding hydrogens is 293 g/mol. The molecule has 1 aliphatic heterocycles. The average molecular weight is 315 g/mol. The molecule has 3 nitrogen and oxygen atoms in total. The Morgan fingerprint density at radius 1 is 1.35 bits per heavy atom. The Morgan fingerprint density at radius 3 is 2.61 bits per heavy atom. The van der Waals surface area contributed by atoms with Gasteiger partial charge in [0, 0.05) is 12.6 Å². The molecule has 122 valence electrons. The van der Waals surface area contributed by atoms with Gasteiger partial charge in [-0.05, 0) is 68.6 Å². The van der Waals surface area contributed by atoms with Gasteiger partial charge in [-0.2, -0.15) is 0 Å². The van der Waals surface area contributed by atoms with E-state index < -0.39 is 5.82 Å². The lowest BCUT2D eigenvalue weighted by Crippen LogP contribution is -2.63. The molecule has 1 aromatic carbocycles. The first-order chi connectivity index (χ1) is 11.0. The lowest BCUT2D eigenvalue weighted by molar-refractivity contribution is -0.180. The summed E-state index contributed by atoms with van der Waals surface area (Å²) in [7, 11) is 0. The highest BCUT2D eigenvalue weighted by atomic mass is 19.1. The Labute approximate surface area is 135 Å². The van der Waals surface area contributed by atoms with Gasteiger partial charge in [0.1, 0.15) is 5.82 Å². The third-order valence-corrected chi connectivity index (χ3v) is 6.25. The van der Waals surface area contributed by atoms with Crippen molar-refractivity contribution in [2.45, 2.75) is 51.0 Å². The first kappa shape index (κ1) is 14.9. The molecule has 3 saturated carbocycles. The van der Waals surface area contributed by atoms with Crippen LogP contribution in [0.2, 0.25) is 0 Å². The molecule has 4 aliphatic rings. The van der Waals surface area contributed by atoms with Crippen LogP contribution in [0.3, 0.4) is 0 Å². The molecule has 4 fully saturated rings. The highest BCUT2D eigenvalue weighted by Gasteiger charge is 2.62. The van der Waals surface area contributed by atoms with Crippen LogP contribution >= 0.6 is 0 Å². The van der Waals surface area contributed by atoms with Gasteiger partial charge in [-0.3, -0.25) is 9.59 Å². The van der Waals surface area contributed by atoms with Gasteiger partial charge in [0.05, 0.1) is 11.0 Å². The van der Waals surface area contributed by atoms with Crippen LogP contribution in [-0.2, 0) is 4.79 Å². The molecule has 1 heterocycles. The van der Waals surface area contributed by atoms with Gasteiger partial charge in [0.2, 0.25) is 5.91 Å². The summed E-state index contributed by atoms with van der Waals surface area (Å²) in [6, 6.07) is 5.09. The van der Waals surface area contributed by atoms with Gasteiger partial charge in [-0.1, -0.05) is 6.07 Å². The van der Waals surface area contributed by atoms with E-state index in [0.717, 1.165) is 50.1 Å². The highest BCUT2D eigenvalue weighted by molar-refractivity contribution is 5.86. The zero-order chi connectivity index (χ0) is 16.2. The van der Waals surface area contributed by atoms with E-state index in [0.29, 0.717) is 12.2 Å². The van der Waals surface area contributed by atoms with Gasteiger partial charge in [-0.25, -0.2) is 4.39 Å². The Hall–Kier alpha value is -1.71. The number of amides is 1. The minimum atomic E-state index is -0.447. The number of rotatable bonds is 3. The Balaban J connectivity index is 1.45. The lowest BCUT2D eigenvalue weighted by atomic mass is 9.44. The Bertz CT molecular complexity index is 654. The summed E-state index contributed by atoms with van der Waals surface area (Å²) in [5.74, 6) is 0.981. The zero-order valence-electron chi connectivity index (χ0n) is 13.4. The quantitative estimate of drug-likeness (QED) is 0.800. The number of benzene rings is 1. The highest BCUT2D eigenvalue weighted by Crippen LogP contribution is 2.65. The Morgan fingerprint density at radius 2 is 2.09 bits per heavy atom. The summed E-state index contributed by atoms with van der Waals surface area (Å²) in [6.45, 7) is 2.86. The number of aldehydes is 1. The molecule has 1 saturated heterocycles. The minimum Gasteiger partial charge on any atom is -0.339 e. The van der Waals surface area contributed by atoms with Gasteiger partial charge in [0.25, 0.3) is 0 Å². The second-order valence-corrected chi connectivity index (χ2v) is 7.73. The molecule has 0 aromatic heterocycles. The van der Waals surface area contributed by atoms with E-state index in [1.54, 1.807) is 6.07 Å². The molecular formula is C19H22FNO2. The summed E-state index contributed by atoms with van der Waals surface area (Å²) in [5, 5.41) is 0. The fourth-order valence-electron chi connectivity index (χ4n) is 4.71. The van der Waals surface area contributed by atoms with E-state index in [4.69, 9.17) is 0 Å².